The van der Waals surface area contributed by atoms with Crippen molar-refractivity contribution < 1.29 is 14.0 Å². The summed E-state index contributed by atoms with van der Waals surface area (Å²) in [6, 6.07) is 8.34. The predicted octanol–water partition coefficient (Wildman–Crippen LogP) is 4.13. The van der Waals surface area contributed by atoms with E-state index >= 15 is 0 Å². The summed E-state index contributed by atoms with van der Waals surface area (Å²) < 4.78 is 17.5. The van der Waals surface area contributed by atoms with E-state index in [1.807, 2.05) is 12.1 Å². The van der Waals surface area contributed by atoms with Crippen LogP contribution in [-0.2, 0) is 9.31 Å². The van der Waals surface area contributed by atoms with Crippen molar-refractivity contribution in [3.8, 4) is 5.75 Å². The van der Waals surface area contributed by atoms with Gasteiger partial charge in [-0.05, 0) is 63.7 Å². The molecule has 3 nitrogen and oxygen atoms in total. The van der Waals surface area contributed by atoms with Gasteiger partial charge in [0.1, 0.15) is 5.75 Å². The van der Waals surface area contributed by atoms with Crippen LogP contribution in [0.1, 0.15) is 52.0 Å². The molecule has 1 aromatic carbocycles. The molecule has 2 aliphatic rings. The molecule has 22 heavy (non-hydrogen) atoms. The van der Waals surface area contributed by atoms with Crippen molar-refractivity contribution >= 4 is 7.12 Å². The Labute approximate surface area is 133 Å². The van der Waals surface area contributed by atoms with Crippen LogP contribution in [0.4, 0.5) is 0 Å². The summed E-state index contributed by atoms with van der Waals surface area (Å²) in [7, 11) is 1.49. The maximum atomic E-state index is 6.16. The van der Waals surface area contributed by atoms with Crippen molar-refractivity contribution in [2.75, 3.05) is 7.11 Å². The van der Waals surface area contributed by atoms with Crippen LogP contribution in [-0.4, -0.2) is 25.4 Å². The standard InChI is InChI=1S/C18H25BO3/c1-17(2)18(3,4)22-19(21-17)15-9-6-14(12-15)13-7-10-16(20-5)11-8-13/h7-8,10-12,14H,6,9H2,1-5H3. The van der Waals surface area contributed by atoms with Gasteiger partial charge in [0.15, 0.2) is 0 Å². The zero-order valence-corrected chi connectivity index (χ0v) is 14.2. The monoisotopic (exact) mass is 300 g/mol. The van der Waals surface area contributed by atoms with Crippen LogP contribution in [0.2, 0.25) is 0 Å². The van der Waals surface area contributed by atoms with Crippen LogP contribution in [0.3, 0.4) is 0 Å². The number of methoxy groups -OCH3 is 1. The molecule has 0 bridgehead atoms. The summed E-state index contributed by atoms with van der Waals surface area (Å²) in [4.78, 5) is 0. The minimum Gasteiger partial charge on any atom is -0.497 e. The second-order valence-electron chi connectivity index (χ2n) is 7.25. The zero-order valence-electron chi connectivity index (χ0n) is 14.2. The Morgan fingerprint density at radius 3 is 2.18 bits per heavy atom. The normalized spacial score (nSPS) is 26.1. The fourth-order valence-electron chi connectivity index (χ4n) is 3.05. The number of hydrogen-bond donors (Lipinski definition) is 0. The third kappa shape index (κ3) is 2.70. The van der Waals surface area contributed by atoms with Gasteiger partial charge in [0.25, 0.3) is 0 Å². The molecule has 0 N–H and O–H groups in total. The Morgan fingerprint density at radius 1 is 1.05 bits per heavy atom. The van der Waals surface area contributed by atoms with Crippen molar-refractivity contribution in [1.82, 2.24) is 0 Å². The Hall–Kier alpha value is -1.26. The van der Waals surface area contributed by atoms with Gasteiger partial charge in [-0.15, -0.1) is 0 Å². The van der Waals surface area contributed by atoms with E-state index in [2.05, 4.69) is 45.9 Å². The van der Waals surface area contributed by atoms with Gasteiger partial charge >= 0.3 is 7.12 Å². The van der Waals surface area contributed by atoms with Crippen LogP contribution in [0, 0.1) is 0 Å². The molecule has 0 aromatic heterocycles. The minimum atomic E-state index is -0.267. The van der Waals surface area contributed by atoms with E-state index in [9.17, 15) is 0 Å². The maximum Gasteiger partial charge on any atom is 0.490 e. The topological polar surface area (TPSA) is 27.7 Å². The van der Waals surface area contributed by atoms with Crippen LogP contribution in [0.5, 0.6) is 5.75 Å². The van der Waals surface area contributed by atoms with Gasteiger partial charge < -0.3 is 14.0 Å². The molecule has 0 saturated carbocycles. The first kappa shape index (κ1) is 15.6. The Balaban J connectivity index is 1.75. The van der Waals surface area contributed by atoms with Gasteiger partial charge in [0, 0.05) is 5.92 Å². The molecule has 1 unspecified atom stereocenters. The highest BCUT2D eigenvalue weighted by atomic mass is 16.7. The van der Waals surface area contributed by atoms with Crippen LogP contribution in [0.15, 0.2) is 35.8 Å². The summed E-state index contributed by atoms with van der Waals surface area (Å²) in [6.45, 7) is 8.40. The first-order valence-corrected chi connectivity index (χ1v) is 8.02. The lowest BCUT2D eigenvalue weighted by Crippen LogP contribution is -2.41. The number of rotatable bonds is 3. The van der Waals surface area contributed by atoms with Crippen molar-refractivity contribution in [3.05, 3.63) is 41.4 Å². The summed E-state index contributed by atoms with van der Waals surface area (Å²) in [5.74, 6) is 1.34. The molecule has 1 heterocycles. The molecule has 1 aliphatic carbocycles. The molecule has 0 spiro atoms. The number of hydrogen-bond acceptors (Lipinski definition) is 3. The molecule has 1 fully saturated rings. The molecule has 0 amide bonds. The van der Waals surface area contributed by atoms with Crippen LogP contribution >= 0.6 is 0 Å². The smallest absolute Gasteiger partial charge is 0.490 e. The summed E-state index contributed by atoms with van der Waals surface area (Å²) >= 11 is 0. The summed E-state index contributed by atoms with van der Waals surface area (Å²) in [5, 5.41) is 0. The lowest BCUT2D eigenvalue weighted by molar-refractivity contribution is 0.00578. The second-order valence-corrected chi connectivity index (χ2v) is 7.25. The third-order valence-corrected chi connectivity index (χ3v) is 5.26. The van der Waals surface area contributed by atoms with Gasteiger partial charge in [-0.2, -0.15) is 0 Å². The maximum absolute atomic E-state index is 6.16. The molecule has 118 valence electrons. The molecular formula is C18H25BO3. The summed E-state index contributed by atoms with van der Waals surface area (Å²) in [6.07, 6.45) is 4.48. The average molecular weight is 300 g/mol. The second kappa shape index (κ2) is 5.43. The minimum absolute atomic E-state index is 0.201. The SMILES string of the molecule is COc1ccc(C2C=C(B3OC(C)(C)C(C)(C)O3)CC2)cc1. The Morgan fingerprint density at radius 2 is 1.64 bits per heavy atom. The van der Waals surface area contributed by atoms with Crippen molar-refractivity contribution in [1.29, 1.82) is 0 Å². The molecule has 1 saturated heterocycles. The largest absolute Gasteiger partial charge is 0.497 e. The van der Waals surface area contributed by atoms with Gasteiger partial charge in [0.2, 0.25) is 0 Å². The van der Waals surface area contributed by atoms with Gasteiger partial charge in [-0.3, -0.25) is 0 Å². The molecule has 1 aliphatic heterocycles. The molecule has 1 atom stereocenters. The molecule has 3 rings (SSSR count). The van der Waals surface area contributed by atoms with E-state index in [0.29, 0.717) is 5.92 Å². The number of allylic oxidation sites excluding steroid dienone is 2. The number of benzene rings is 1. The summed E-state index contributed by atoms with van der Waals surface area (Å²) in [5.41, 5.74) is 2.07. The highest BCUT2D eigenvalue weighted by Crippen LogP contribution is 2.42. The van der Waals surface area contributed by atoms with Gasteiger partial charge in [-0.25, -0.2) is 0 Å². The lowest BCUT2D eigenvalue weighted by Gasteiger charge is -2.32. The quantitative estimate of drug-likeness (QED) is 0.786. The van der Waals surface area contributed by atoms with Crippen LogP contribution < -0.4 is 4.74 Å². The fourth-order valence-corrected chi connectivity index (χ4v) is 3.05. The Kier molecular flexibility index (Phi) is 3.86. The molecule has 1 aromatic rings. The molecular weight excluding hydrogens is 275 g/mol. The van der Waals surface area contributed by atoms with Gasteiger partial charge in [0.05, 0.1) is 18.3 Å². The van der Waals surface area contributed by atoms with E-state index < -0.39 is 0 Å². The third-order valence-electron chi connectivity index (χ3n) is 5.26. The number of ether oxygens (including phenoxy) is 1. The average Bonchev–Trinajstić information content (AvgIpc) is 3.03. The highest BCUT2D eigenvalue weighted by molar-refractivity contribution is 6.54. The molecule has 4 heteroatoms. The zero-order chi connectivity index (χ0) is 16.0. The molecule has 0 radical (unpaired) electrons. The van der Waals surface area contributed by atoms with Crippen molar-refractivity contribution in [2.24, 2.45) is 0 Å². The van der Waals surface area contributed by atoms with E-state index in [0.717, 1.165) is 18.6 Å². The first-order chi connectivity index (χ1) is 10.3. The van der Waals surface area contributed by atoms with E-state index in [1.165, 1.54) is 11.0 Å². The highest BCUT2D eigenvalue weighted by Gasteiger charge is 2.52. The van der Waals surface area contributed by atoms with Crippen LogP contribution in [0.25, 0.3) is 0 Å². The van der Waals surface area contributed by atoms with Crippen molar-refractivity contribution in [3.63, 3.8) is 0 Å². The lowest BCUT2D eigenvalue weighted by atomic mass is 9.78. The van der Waals surface area contributed by atoms with Gasteiger partial charge in [-0.1, -0.05) is 18.2 Å². The fraction of sp³-hybridized carbons (Fsp3) is 0.556. The van der Waals surface area contributed by atoms with E-state index in [-0.39, 0.29) is 18.3 Å². The Bertz CT molecular complexity index is 558. The van der Waals surface area contributed by atoms with Crippen molar-refractivity contribution in [2.45, 2.75) is 57.7 Å². The van der Waals surface area contributed by atoms with E-state index in [4.69, 9.17) is 14.0 Å². The van der Waals surface area contributed by atoms with E-state index in [1.54, 1.807) is 7.11 Å². The first-order valence-electron chi connectivity index (χ1n) is 8.02. The predicted molar refractivity (Wildman–Crippen MR) is 89.1 cm³/mol.